The highest BCUT2D eigenvalue weighted by atomic mass is 19.4. The van der Waals surface area contributed by atoms with Gasteiger partial charge in [-0.2, -0.15) is 26.3 Å². The van der Waals surface area contributed by atoms with Crippen molar-refractivity contribution in [2.45, 2.75) is 348 Å². The van der Waals surface area contributed by atoms with E-state index in [4.69, 9.17) is 4.74 Å². The fraction of sp³-hybridized carbons (Fsp3) is 1.00. The Morgan fingerprint density at radius 3 is 0.651 bits per heavy atom. The van der Waals surface area contributed by atoms with Gasteiger partial charge in [0, 0.05) is 0 Å². The maximum Gasteiger partial charge on any atom is 0.391 e. The summed E-state index contributed by atoms with van der Waals surface area (Å²) >= 11 is 0. The smallest absolute Gasteiger partial charge is 0.369 e. The van der Waals surface area contributed by atoms with Crippen LogP contribution in [0.3, 0.4) is 0 Å². The van der Waals surface area contributed by atoms with Crippen LogP contribution in [0, 0.1) is 11.8 Å². The third kappa shape index (κ3) is 34.5. The number of hydrogen-bond donors (Lipinski definition) is 0. The van der Waals surface area contributed by atoms with Crippen LogP contribution in [0.15, 0.2) is 0 Å². The molecule has 0 aliphatic heterocycles. The third-order valence-corrected chi connectivity index (χ3v) is 14.8. The Labute approximate surface area is 389 Å². The fourth-order valence-electron chi connectivity index (χ4n) is 10.2. The van der Waals surface area contributed by atoms with Crippen molar-refractivity contribution >= 4 is 0 Å². The summed E-state index contributed by atoms with van der Waals surface area (Å²) in [6, 6.07) is 0. The van der Waals surface area contributed by atoms with E-state index in [9.17, 15) is 26.3 Å². The third-order valence-electron chi connectivity index (χ3n) is 14.8. The maximum atomic E-state index is 14.0. The highest BCUT2D eigenvalue weighted by Crippen LogP contribution is 2.42. The molecule has 0 aliphatic rings. The molecule has 1 nitrogen and oxygen atoms in total. The summed E-state index contributed by atoms with van der Waals surface area (Å²) in [7, 11) is 0. The zero-order valence-corrected chi connectivity index (χ0v) is 42.9. The van der Waals surface area contributed by atoms with Crippen molar-refractivity contribution in [3.05, 3.63) is 0 Å². The first-order chi connectivity index (χ1) is 30.3. The molecule has 0 aromatic carbocycles. The molecule has 0 fully saturated rings. The molecule has 7 heteroatoms. The number of unbranched alkanes of at least 4 members (excludes halogenated alkanes) is 28. The van der Waals surface area contributed by atoms with Gasteiger partial charge in [-0.15, -0.1) is 0 Å². The maximum absolute atomic E-state index is 14.0. The molecule has 63 heavy (non-hydrogen) atoms. The summed E-state index contributed by atoms with van der Waals surface area (Å²) in [5.41, 5.74) is -0.491. The van der Waals surface area contributed by atoms with E-state index in [-0.39, 0.29) is 36.9 Å². The van der Waals surface area contributed by atoms with Gasteiger partial charge < -0.3 is 4.74 Å². The van der Waals surface area contributed by atoms with E-state index in [0.717, 1.165) is 128 Å². The molecule has 380 valence electrons. The van der Waals surface area contributed by atoms with Crippen molar-refractivity contribution in [2.75, 3.05) is 0 Å². The van der Waals surface area contributed by atoms with Gasteiger partial charge in [0.05, 0.1) is 23.0 Å². The van der Waals surface area contributed by atoms with Gasteiger partial charge in [0.25, 0.3) is 0 Å². The molecule has 0 spiro atoms. The predicted molar refractivity (Wildman–Crippen MR) is 263 cm³/mol. The molecular formula is C56H108F6O. The van der Waals surface area contributed by atoms with Gasteiger partial charge in [0.15, 0.2) is 0 Å². The Kier molecular flexibility index (Phi) is 40.3. The molecule has 0 N–H and O–H groups in total. The second-order valence-corrected chi connectivity index (χ2v) is 20.4. The summed E-state index contributed by atoms with van der Waals surface area (Å²) in [5.74, 6) is -2.35. The van der Waals surface area contributed by atoms with Crippen molar-refractivity contribution in [2.24, 2.45) is 11.8 Å². The lowest BCUT2D eigenvalue weighted by Crippen LogP contribution is -2.44. The van der Waals surface area contributed by atoms with E-state index < -0.39 is 24.2 Å². The Bertz CT molecular complexity index is 877. The Morgan fingerprint density at radius 1 is 0.270 bits per heavy atom. The van der Waals surface area contributed by atoms with Crippen LogP contribution in [-0.2, 0) is 4.74 Å². The fourth-order valence-corrected chi connectivity index (χ4v) is 10.2. The van der Waals surface area contributed by atoms with E-state index in [1.807, 2.05) is 0 Å². The van der Waals surface area contributed by atoms with Crippen molar-refractivity contribution in [1.29, 1.82) is 0 Å². The second kappa shape index (κ2) is 40.6. The molecule has 0 aromatic heterocycles. The largest absolute Gasteiger partial charge is 0.391 e. The lowest BCUT2D eigenvalue weighted by Gasteiger charge is -2.45. The van der Waals surface area contributed by atoms with Gasteiger partial charge in [-0.1, -0.05) is 260 Å². The van der Waals surface area contributed by atoms with Crippen molar-refractivity contribution < 1.29 is 31.1 Å². The molecule has 4 unspecified atom stereocenters. The van der Waals surface area contributed by atoms with Crippen LogP contribution in [0.2, 0.25) is 0 Å². The average molecular weight is 911 g/mol. The van der Waals surface area contributed by atoms with Crippen LogP contribution in [0.25, 0.3) is 0 Å². The minimum atomic E-state index is -4.11. The number of ether oxygens (including phenoxy) is 1. The van der Waals surface area contributed by atoms with Crippen molar-refractivity contribution in [1.82, 2.24) is 0 Å². The summed E-state index contributed by atoms with van der Waals surface area (Å²) in [6.45, 7) is 13.4. The van der Waals surface area contributed by atoms with Gasteiger partial charge in [-0.25, -0.2) is 0 Å². The highest BCUT2D eigenvalue weighted by molar-refractivity contribution is 4.89. The number of alkyl halides is 6. The standard InChI is InChI=1S/C56H108F6O/c1-7-13-17-21-25-27-35-43-51(55(57,58)59)45-37-29-33-41-49-53(11-5,47-39-31-23-19-15-9-3)63-54(12-6,48-40-32-24-20-16-10-4)50-42-34-30-38-46-52(56(60,61)62)44-36-28-26-22-18-14-8-2/h51-52H,7-50H2,1-6H3. The van der Waals surface area contributed by atoms with Gasteiger partial charge in [-0.05, 0) is 64.2 Å². The Morgan fingerprint density at radius 2 is 0.460 bits per heavy atom. The molecule has 0 saturated heterocycles. The normalized spacial score (nSPS) is 15.4. The zero-order valence-electron chi connectivity index (χ0n) is 42.9. The average Bonchev–Trinajstić information content (AvgIpc) is 3.25. The van der Waals surface area contributed by atoms with Gasteiger partial charge in [-0.3, -0.25) is 0 Å². The molecule has 0 saturated carbocycles. The molecule has 0 bridgehead atoms. The van der Waals surface area contributed by atoms with Gasteiger partial charge >= 0.3 is 12.4 Å². The summed E-state index contributed by atoms with van der Waals surface area (Å²) in [6.07, 6.45) is 34.9. The van der Waals surface area contributed by atoms with Gasteiger partial charge in [0.1, 0.15) is 0 Å². The number of halogens is 6. The first kappa shape index (κ1) is 62.5. The van der Waals surface area contributed by atoms with E-state index in [1.165, 1.54) is 103 Å². The van der Waals surface area contributed by atoms with Crippen LogP contribution >= 0.6 is 0 Å². The summed E-state index contributed by atoms with van der Waals surface area (Å²) in [5, 5.41) is 0. The van der Waals surface area contributed by atoms with Crippen LogP contribution in [0.5, 0.6) is 0 Å². The number of rotatable bonds is 48. The highest BCUT2D eigenvalue weighted by Gasteiger charge is 2.41. The molecule has 0 aromatic rings. The first-order valence-electron chi connectivity index (χ1n) is 28.1. The van der Waals surface area contributed by atoms with Crippen LogP contribution in [-0.4, -0.2) is 23.6 Å². The molecule has 0 amide bonds. The topological polar surface area (TPSA) is 9.23 Å². The van der Waals surface area contributed by atoms with Crippen molar-refractivity contribution in [3.8, 4) is 0 Å². The van der Waals surface area contributed by atoms with E-state index in [1.54, 1.807) is 0 Å². The molecule has 4 atom stereocenters. The lowest BCUT2D eigenvalue weighted by molar-refractivity contribution is -0.179. The second-order valence-electron chi connectivity index (χ2n) is 20.4. The van der Waals surface area contributed by atoms with E-state index in [0.29, 0.717) is 25.7 Å². The molecule has 0 radical (unpaired) electrons. The van der Waals surface area contributed by atoms with Gasteiger partial charge in [0.2, 0.25) is 0 Å². The first-order valence-corrected chi connectivity index (χ1v) is 28.1. The Balaban J connectivity index is 5.64. The van der Waals surface area contributed by atoms with Crippen LogP contribution < -0.4 is 0 Å². The molecular weight excluding hydrogens is 803 g/mol. The number of hydrogen-bond acceptors (Lipinski definition) is 1. The zero-order chi connectivity index (χ0) is 47.0. The minimum absolute atomic E-state index is 0.245. The molecule has 0 heterocycles. The van der Waals surface area contributed by atoms with E-state index >= 15 is 0 Å². The lowest BCUT2D eigenvalue weighted by atomic mass is 9.82. The monoisotopic (exact) mass is 911 g/mol. The Hall–Kier alpha value is -0.460. The van der Waals surface area contributed by atoms with E-state index in [2.05, 4.69) is 41.5 Å². The van der Waals surface area contributed by atoms with Crippen LogP contribution in [0.4, 0.5) is 26.3 Å². The quantitative estimate of drug-likeness (QED) is 0.0437. The summed E-state index contributed by atoms with van der Waals surface area (Å²) in [4.78, 5) is 0. The van der Waals surface area contributed by atoms with Crippen LogP contribution in [0.1, 0.15) is 324 Å². The SMILES string of the molecule is CCCCCCCCCC(CCCCCCC(CC)(CCCCCCCC)OC(CC)(CCCCCCCC)CCCCCCC(CCCCCCCCC)C(F)(F)F)C(F)(F)F. The molecule has 0 aliphatic carbocycles. The molecule has 0 rings (SSSR count). The minimum Gasteiger partial charge on any atom is -0.369 e. The predicted octanol–water partition coefficient (Wildman–Crippen LogP) is 22.1. The van der Waals surface area contributed by atoms with Crippen molar-refractivity contribution in [3.63, 3.8) is 0 Å². The summed E-state index contributed by atoms with van der Waals surface area (Å²) < 4.78 is 91.6.